The molecule has 1 rings (SSSR count). The fourth-order valence-electron chi connectivity index (χ4n) is 1.24. The summed E-state index contributed by atoms with van der Waals surface area (Å²) in [5, 5.41) is 6.63. The summed E-state index contributed by atoms with van der Waals surface area (Å²) in [6.07, 6.45) is 2.85. The van der Waals surface area contributed by atoms with Gasteiger partial charge in [0.1, 0.15) is 0 Å². The summed E-state index contributed by atoms with van der Waals surface area (Å²) in [6.45, 7) is 6.23. The van der Waals surface area contributed by atoms with Crippen molar-refractivity contribution >= 4 is 0 Å². The quantitative estimate of drug-likeness (QED) is 0.630. The van der Waals surface area contributed by atoms with Crippen LogP contribution in [0.5, 0.6) is 0 Å². The first-order chi connectivity index (χ1) is 6.93. The summed E-state index contributed by atoms with van der Waals surface area (Å²) in [5.41, 5.74) is 1.16. The van der Waals surface area contributed by atoms with Crippen LogP contribution in [0.15, 0.2) is 24.4 Å². The molecule has 0 saturated heterocycles. The predicted molar refractivity (Wildman–Crippen MR) is 59.4 cm³/mol. The minimum absolute atomic E-state index is 1.00. The molecule has 0 aliphatic rings. The fraction of sp³-hybridized carbons (Fsp3) is 0.545. The first-order valence-electron chi connectivity index (χ1n) is 5.25. The van der Waals surface area contributed by atoms with Crippen molar-refractivity contribution in [3.05, 3.63) is 30.1 Å². The van der Waals surface area contributed by atoms with E-state index in [0.29, 0.717) is 0 Å². The Morgan fingerprint density at radius 2 is 2.00 bits per heavy atom. The maximum absolute atomic E-state index is 4.26. The number of nitrogens with one attached hydrogen (secondary N) is 2. The van der Waals surface area contributed by atoms with Crippen LogP contribution in [0.3, 0.4) is 0 Å². The van der Waals surface area contributed by atoms with Crippen LogP contribution < -0.4 is 10.6 Å². The molecule has 0 aromatic carbocycles. The van der Waals surface area contributed by atoms with E-state index in [-0.39, 0.29) is 0 Å². The van der Waals surface area contributed by atoms with E-state index in [0.717, 1.165) is 38.3 Å². The molecule has 1 aromatic rings. The summed E-state index contributed by atoms with van der Waals surface area (Å²) in [7, 11) is 0. The number of rotatable bonds is 7. The monoisotopic (exact) mass is 193 g/mol. The maximum atomic E-state index is 4.26. The van der Waals surface area contributed by atoms with Gasteiger partial charge in [-0.05, 0) is 18.7 Å². The second kappa shape index (κ2) is 7.47. The van der Waals surface area contributed by atoms with Crippen LogP contribution in [0.2, 0.25) is 0 Å². The summed E-state index contributed by atoms with van der Waals surface area (Å²) < 4.78 is 0. The highest BCUT2D eigenvalue weighted by molar-refractivity contribution is 5.03. The Morgan fingerprint density at radius 3 is 2.71 bits per heavy atom. The van der Waals surface area contributed by atoms with Gasteiger partial charge in [0.2, 0.25) is 0 Å². The molecule has 0 aliphatic carbocycles. The van der Waals surface area contributed by atoms with Gasteiger partial charge in [-0.3, -0.25) is 4.98 Å². The second-order valence-corrected chi connectivity index (χ2v) is 3.17. The Kier molecular flexibility index (Phi) is 5.95. The van der Waals surface area contributed by atoms with Crippen molar-refractivity contribution in [1.29, 1.82) is 0 Å². The second-order valence-electron chi connectivity index (χ2n) is 3.17. The zero-order valence-electron chi connectivity index (χ0n) is 8.79. The van der Waals surface area contributed by atoms with Crippen LogP contribution in [0.25, 0.3) is 0 Å². The van der Waals surface area contributed by atoms with Crippen molar-refractivity contribution in [2.24, 2.45) is 0 Å². The molecular weight excluding hydrogens is 174 g/mol. The minimum Gasteiger partial charge on any atom is -0.316 e. The van der Waals surface area contributed by atoms with E-state index in [9.17, 15) is 0 Å². The molecule has 0 fully saturated rings. The zero-order chi connectivity index (χ0) is 10.1. The van der Waals surface area contributed by atoms with Gasteiger partial charge in [-0.25, -0.2) is 0 Å². The molecule has 0 unspecified atom stereocenters. The van der Waals surface area contributed by atoms with E-state index in [1.54, 1.807) is 0 Å². The van der Waals surface area contributed by atoms with Crippen LogP contribution in [-0.2, 0) is 6.42 Å². The zero-order valence-corrected chi connectivity index (χ0v) is 8.79. The van der Waals surface area contributed by atoms with Gasteiger partial charge in [0.25, 0.3) is 0 Å². The average Bonchev–Trinajstić information content (AvgIpc) is 2.25. The summed E-state index contributed by atoms with van der Waals surface area (Å²) in [4.78, 5) is 4.26. The molecule has 0 bridgehead atoms. The third-order valence-electron chi connectivity index (χ3n) is 2.01. The lowest BCUT2D eigenvalue weighted by Gasteiger charge is -2.04. The highest BCUT2D eigenvalue weighted by atomic mass is 14.9. The highest BCUT2D eigenvalue weighted by Gasteiger charge is 1.91. The van der Waals surface area contributed by atoms with Crippen molar-refractivity contribution in [2.45, 2.75) is 13.3 Å². The highest BCUT2D eigenvalue weighted by Crippen LogP contribution is 1.92. The molecular formula is C11H19N3. The number of likely N-dealkylation sites (N-methyl/N-ethyl adjacent to an activating group) is 1. The van der Waals surface area contributed by atoms with Gasteiger partial charge in [-0.2, -0.15) is 0 Å². The van der Waals surface area contributed by atoms with Crippen LogP contribution in [0.4, 0.5) is 0 Å². The van der Waals surface area contributed by atoms with Crippen molar-refractivity contribution in [2.75, 3.05) is 26.2 Å². The Bertz CT molecular complexity index is 223. The standard InChI is InChI=1S/C11H19N3/c1-2-12-9-10-13-8-6-11-5-3-4-7-14-11/h3-5,7,12-13H,2,6,8-10H2,1H3. The lowest BCUT2D eigenvalue weighted by atomic mass is 10.3. The molecule has 1 heterocycles. The van der Waals surface area contributed by atoms with Gasteiger partial charge in [0.15, 0.2) is 0 Å². The van der Waals surface area contributed by atoms with Crippen molar-refractivity contribution in [3.63, 3.8) is 0 Å². The van der Waals surface area contributed by atoms with Gasteiger partial charge in [0.05, 0.1) is 0 Å². The SMILES string of the molecule is CCNCCNCCc1ccccn1. The van der Waals surface area contributed by atoms with Crippen LogP contribution in [0, 0.1) is 0 Å². The molecule has 1 aromatic heterocycles. The summed E-state index contributed by atoms with van der Waals surface area (Å²) in [6, 6.07) is 6.04. The fourth-order valence-corrected chi connectivity index (χ4v) is 1.24. The van der Waals surface area contributed by atoms with E-state index in [1.165, 1.54) is 0 Å². The Morgan fingerprint density at radius 1 is 1.14 bits per heavy atom. The van der Waals surface area contributed by atoms with Gasteiger partial charge < -0.3 is 10.6 Å². The number of pyridine rings is 1. The first-order valence-corrected chi connectivity index (χ1v) is 5.25. The van der Waals surface area contributed by atoms with Crippen LogP contribution >= 0.6 is 0 Å². The third-order valence-corrected chi connectivity index (χ3v) is 2.01. The van der Waals surface area contributed by atoms with E-state index < -0.39 is 0 Å². The number of hydrogen-bond donors (Lipinski definition) is 2. The van der Waals surface area contributed by atoms with Crippen LogP contribution in [-0.4, -0.2) is 31.2 Å². The topological polar surface area (TPSA) is 37.0 Å². The predicted octanol–water partition coefficient (Wildman–Crippen LogP) is 0.823. The van der Waals surface area contributed by atoms with Gasteiger partial charge in [-0.1, -0.05) is 13.0 Å². The number of hydrogen-bond acceptors (Lipinski definition) is 3. The molecule has 2 N–H and O–H groups in total. The van der Waals surface area contributed by atoms with E-state index in [1.807, 2.05) is 18.3 Å². The Hall–Kier alpha value is -0.930. The van der Waals surface area contributed by atoms with Crippen molar-refractivity contribution in [1.82, 2.24) is 15.6 Å². The van der Waals surface area contributed by atoms with Crippen molar-refractivity contribution < 1.29 is 0 Å². The van der Waals surface area contributed by atoms with Gasteiger partial charge in [-0.15, -0.1) is 0 Å². The lowest BCUT2D eigenvalue weighted by Crippen LogP contribution is -2.28. The van der Waals surface area contributed by atoms with Crippen molar-refractivity contribution in [3.8, 4) is 0 Å². The molecule has 3 heteroatoms. The normalized spacial score (nSPS) is 10.4. The number of nitrogens with zero attached hydrogens (tertiary/aromatic N) is 1. The lowest BCUT2D eigenvalue weighted by molar-refractivity contribution is 0.622. The van der Waals surface area contributed by atoms with E-state index in [2.05, 4.69) is 28.6 Å². The van der Waals surface area contributed by atoms with Gasteiger partial charge in [0, 0.05) is 37.9 Å². The molecule has 0 atom stereocenters. The number of aromatic nitrogens is 1. The largest absolute Gasteiger partial charge is 0.316 e. The molecule has 0 amide bonds. The van der Waals surface area contributed by atoms with E-state index >= 15 is 0 Å². The van der Waals surface area contributed by atoms with Gasteiger partial charge >= 0.3 is 0 Å². The minimum atomic E-state index is 1.00. The Labute approximate surface area is 85.9 Å². The molecule has 14 heavy (non-hydrogen) atoms. The first kappa shape index (κ1) is 11.1. The molecule has 78 valence electrons. The summed E-state index contributed by atoms with van der Waals surface area (Å²) >= 11 is 0. The van der Waals surface area contributed by atoms with E-state index in [4.69, 9.17) is 0 Å². The smallest absolute Gasteiger partial charge is 0.0416 e. The molecule has 0 saturated carbocycles. The summed E-state index contributed by atoms with van der Waals surface area (Å²) in [5.74, 6) is 0. The average molecular weight is 193 g/mol. The molecule has 0 radical (unpaired) electrons. The Balaban J connectivity index is 1.99. The third kappa shape index (κ3) is 4.94. The molecule has 3 nitrogen and oxygen atoms in total. The molecule has 0 aliphatic heterocycles. The van der Waals surface area contributed by atoms with Crippen LogP contribution in [0.1, 0.15) is 12.6 Å². The molecule has 0 spiro atoms. The maximum Gasteiger partial charge on any atom is 0.0416 e.